The standard InChI is InChI=1S/C14H14N2O3/c17-12-7-10(8-12)9-1-3-11(4-2-9)16-6-5-13(18)15-14(16)19/h1-4,10H,5-8H2,(H,15,18,19). The van der Waals surface area contributed by atoms with Crippen LogP contribution in [-0.2, 0) is 9.59 Å². The van der Waals surface area contributed by atoms with Crippen molar-refractivity contribution in [3.8, 4) is 0 Å². The predicted octanol–water partition coefficient (Wildman–Crippen LogP) is 1.58. The highest BCUT2D eigenvalue weighted by Crippen LogP contribution is 2.34. The van der Waals surface area contributed by atoms with Gasteiger partial charge in [0.15, 0.2) is 0 Å². The van der Waals surface area contributed by atoms with Crippen molar-refractivity contribution in [2.45, 2.75) is 25.2 Å². The summed E-state index contributed by atoms with van der Waals surface area (Å²) in [6.45, 7) is 0.409. The fourth-order valence-electron chi connectivity index (χ4n) is 2.46. The molecule has 19 heavy (non-hydrogen) atoms. The van der Waals surface area contributed by atoms with Crippen LogP contribution in [0.4, 0.5) is 10.5 Å². The Morgan fingerprint density at radius 1 is 1.05 bits per heavy atom. The lowest BCUT2D eigenvalue weighted by atomic mass is 9.79. The van der Waals surface area contributed by atoms with Gasteiger partial charge in [-0.15, -0.1) is 0 Å². The minimum absolute atomic E-state index is 0.231. The summed E-state index contributed by atoms with van der Waals surface area (Å²) in [5.74, 6) is 0.409. The van der Waals surface area contributed by atoms with Gasteiger partial charge in [0.05, 0.1) is 0 Å². The molecule has 1 heterocycles. The SMILES string of the molecule is O=C1CC(c2ccc(N3CCC(=O)NC3=O)cc2)C1. The molecule has 0 radical (unpaired) electrons. The van der Waals surface area contributed by atoms with Crippen LogP contribution in [0.2, 0.25) is 0 Å². The van der Waals surface area contributed by atoms with E-state index in [1.165, 1.54) is 0 Å². The van der Waals surface area contributed by atoms with Gasteiger partial charge in [0, 0.05) is 31.5 Å². The maximum absolute atomic E-state index is 11.7. The highest BCUT2D eigenvalue weighted by molar-refractivity contribution is 6.05. The van der Waals surface area contributed by atoms with Gasteiger partial charge in [-0.3, -0.25) is 19.8 Å². The Balaban J connectivity index is 1.73. The van der Waals surface area contributed by atoms with Gasteiger partial charge in [-0.05, 0) is 23.6 Å². The van der Waals surface area contributed by atoms with Crippen molar-refractivity contribution < 1.29 is 14.4 Å². The zero-order valence-corrected chi connectivity index (χ0v) is 10.4. The van der Waals surface area contributed by atoms with Crippen molar-refractivity contribution >= 4 is 23.4 Å². The third-order valence-electron chi connectivity index (χ3n) is 3.68. The predicted molar refractivity (Wildman–Crippen MR) is 68.9 cm³/mol. The molecule has 3 amide bonds. The fraction of sp³-hybridized carbons (Fsp3) is 0.357. The molecule has 1 aromatic rings. The number of urea groups is 1. The molecule has 0 bridgehead atoms. The first-order chi connectivity index (χ1) is 9.13. The Bertz CT molecular complexity index is 542. The quantitative estimate of drug-likeness (QED) is 0.875. The van der Waals surface area contributed by atoms with Gasteiger partial charge in [0.2, 0.25) is 5.91 Å². The number of rotatable bonds is 2. The number of nitrogens with one attached hydrogen (secondary N) is 1. The molecule has 5 nitrogen and oxygen atoms in total. The lowest BCUT2D eigenvalue weighted by Gasteiger charge is -2.28. The van der Waals surface area contributed by atoms with Crippen LogP contribution in [0.25, 0.3) is 0 Å². The van der Waals surface area contributed by atoms with Crippen LogP contribution < -0.4 is 10.2 Å². The Labute approximate surface area is 110 Å². The van der Waals surface area contributed by atoms with Crippen LogP contribution in [0.1, 0.15) is 30.7 Å². The molecule has 5 heteroatoms. The fourth-order valence-corrected chi connectivity index (χ4v) is 2.46. The Hall–Kier alpha value is -2.17. The summed E-state index contributed by atoms with van der Waals surface area (Å²) in [7, 11) is 0. The number of hydrogen-bond donors (Lipinski definition) is 1. The molecule has 1 N–H and O–H groups in total. The summed E-state index contributed by atoms with van der Waals surface area (Å²) in [5, 5.41) is 2.30. The highest BCUT2D eigenvalue weighted by Gasteiger charge is 2.28. The van der Waals surface area contributed by atoms with Crippen molar-refractivity contribution in [2.24, 2.45) is 0 Å². The van der Waals surface area contributed by atoms with Crippen LogP contribution in [0.5, 0.6) is 0 Å². The number of carbonyl (C=O) groups is 3. The number of ketones is 1. The first-order valence-corrected chi connectivity index (χ1v) is 6.36. The topological polar surface area (TPSA) is 66.5 Å². The molecule has 2 aliphatic rings. The average molecular weight is 258 g/mol. The van der Waals surface area contributed by atoms with E-state index < -0.39 is 0 Å². The van der Waals surface area contributed by atoms with Gasteiger partial charge >= 0.3 is 6.03 Å². The van der Waals surface area contributed by atoms with E-state index in [9.17, 15) is 14.4 Å². The minimum Gasteiger partial charge on any atom is -0.300 e. The molecule has 0 spiro atoms. The molecule has 2 fully saturated rings. The van der Waals surface area contributed by atoms with Crippen molar-refractivity contribution in [3.63, 3.8) is 0 Å². The molecule has 1 saturated carbocycles. The molecule has 3 rings (SSSR count). The molecule has 0 unspecified atom stereocenters. The van der Waals surface area contributed by atoms with Crippen LogP contribution in [0.15, 0.2) is 24.3 Å². The minimum atomic E-state index is -0.372. The summed E-state index contributed by atoms with van der Waals surface area (Å²) in [6.07, 6.45) is 1.57. The van der Waals surface area contributed by atoms with E-state index in [1.54, 1.807) is 4.90 Å². The number of nitrogens with zero attached hydrogens (tertiary/aromatic N) is 1. The number of benzene rings is 1. The van der Waals surface area contributed by atoms with E-state index in [0.29, 0.717) is 37.5 Å². The van der Waals surface area contributed by atoms with Crippen molar-refractivity contribution in [1.82, 2.24) is 5.32 Å². The molecule has 1 aromatic carbocycles. The van der Waals surface area contributed by atoms with E-state index in [-0.39, 0.29) is 11.9 Å². The highest BCUT2D eigenvalue weighted by atomic mass is 16.2. The zero-order chi connectivity index (χ0) is 13.4. The Kier molecular flexibility index (Phi) is 2.81. The lowest BCUT2D eigenvalue weighted by Crippen LogP contribution is -2.49. The molecule has 0 aromatic heterocycles. The summed E-state index contributed by atoms with van der Waals surface area (Å²) in [6, 6.07) is 7.27. The first kappa shape index (κ1) is 11.9. The van der Waals surface area contributed by atoms with E-state index in [2.05, 4.69) is 5.32 Å². The summed E-state index contributed by atoms with van der Waals surface area (Å²) in [4.78, 5) is 35.3. The maximum Gasteiger partial charge on any atom is 0.328 e. The summed E-state index contributed by atoms with van der Waals surface area (Å²) in [5.41, 5.74) is 1.91. The number of imide groups is 1. The van der Waals surface area contributed by atoms with E-state index in [4.69, 9.17) is 0 Å². The second-order valence-electron chi connectivity index (χ2n) is 4.99. The summed E-state index contributed by atoms with van der Waals surface area (Å²) < 4.78 is 0. The van der Waals surface area contributed by atoms with Crippen molar-refractivity contribution in [3.05, 3.63) is 29.8 Å². The van der Waals surface area contributed by atoms with Gasteiger partial charge in [0.25, 0.3) is 0 Å². The number of amides is 3. The average Bonchev–Trinajstić information content (AvgIpc) is 2.36. The monoisotopic (exact) mass is 258 g/mol. The van der Waals surface area contributed by atoms with Crippen LogP contribution in [0, 0.1) is 0 Å². The number of Topliss-reactive ketones (excluding diaryl/α,β-unsaturated/α-hetero) is 1. The zero-order valence-electron chi connectivity index (χ0n) is 10.4. The maximum atomic E-state index is 11.7. The largest absolute Gasteiger partial charge is 0.328 e. The van der Waals surface area contributed by atoms with E-state index in [1.807, 2.05) is 24.3 Å². The van der Waals surface area contributed by atoms with Gasteiger partial charge in [-0.25, -0.2) is 4.79 Å². The van der Waals surface area contributed by atoms with Crippen LogP contribution in [-0.4, -0.2) is 24.3 Å². The van der Waals surface area contributed by atoms with Crippen molar-refractivity contribution in [1.29, 1.82) is 0 Å². The van der Waals surface area contributed by atoms with Gasteiger partial charge in [0.1, 0.15) is 5.78 Å². The second kappa shape index (κ2) is 4.50. The third-order valence-corrected chi connectivity index (χ3v) is 3.68. The van der Waals surface area contributed by atoms with E-state index in [0.717, 1.165) is 11.3 Å². The van der Waals surface area contributed by atoms with Crippen LogP contribution in [0.3, 0.4) is 0 Å². The normalized spacial score (nSPS) is 20.2. The second-order valence-corrected chi connectivity index (χ2v) is 4.99. The number of hydrogen-bond acceptors (Lipinski definition) is 3. The smallest absolute Gasteiger partial charge is 0.300 e. The molecule has 98 valence electrons. The number of anilines is 1. The molecule has 1 aliphatic carbocycles. The van der Waals surface area contributed by atoms with Gasteiger partial charge in [-0.2, -0.15) is 0 Å². The molecular formula is C14H14N2O3. The molecular weight excluding hydrogens is 244 g/mol. The third kappa shape index (κ3) is 2.23. The molecule has 1 aliphatic heterocycles. The van der Waals surface area contributed by atoms with Gasteiger partial charge < -0.3 is 0 Å². The first-order valence-electron chi connectivity index (χ1n) is 6.36. The molecule has 0 atom stereocenters. The van der Waals surface area contributed by atoms with Crippen LogP contribution >= 0.6 is 0 Å². The molecule has 1 saturated heterocycles. The summed E-state index contributed by atoms with van der Waals surface area (Å²) >= 11 is 0. The Morgan fingerprint density at radius 3 is 2.32 bits per heavy atom. The van der Waals surface area contributed by atoms with Gasteiger partial charge in [-0.1, -0.05) is 12.1 Å². The van der Waals surface area contributed by atoms with Crippen molar-refractivity contribution in [2.75, 3.05) is 11.4 Å². The Morgan fingerprint density at radius 2 is 1.74 bits per heavy atom. The van der Waals surface area contributed by atoms with E-state index >= 15 is 0 Å². The number of carbonyl (C=O) groups excluding carboxylic acids is 3. The lowest BCUT2D eigenvalue weighted by molar-refractivity contribution is -0.124.